The molecule has 1 amide bonds. The predicted octanol–water partition coefficient (Wildman–Crippen LogP) is 3.50. The number of anilines is 1. The number of benzene rings is 1. The Hall–Kier alpha value is -1.71. The van der Waals surface area contributed by atoms with Gasteiger partial charge in [0.1, 0.15) is 5.60 Å². The van der Waals surface area contributed by atoms with Crippen LogP contribution in [-0.4, -0.2) is 35.7 Å². The van der Waals surface area contributed by atoms with Gasteiger partial charge < -0.3 is 15.0 Å². The average Bonchev–Trinajstić information content (AvgIpc) is 2.84. The topological polar surface area (TPSA) is 41.6 Å². The van der Waals surface area contributed by atoms with Crippen molar-refractivity contribution in [1.29, 1.82) is 0 Å². The predicted molar refractivity (Wildman–Crippen MR) is 80.9 cm³/mol. The summed E-state index contributed by atoms with van der Waals surface area (Å²) in [6.07, 6.45) is 1.87. The molecule has 0 saturated carbocycles. The minimum atomic E-state index is -0.433. The van der Waals surface area contributed by atoms with Gasteiger partial charge in [0.15, 0.2) is 0 Å². The van der Waals surface area contributed by atoms with Crippen LogP contribution in [0.15, 0.2) is 30.3 Å². The van der Waals surface area contributed by atoms with Crippen molar-refractivity contribution in [2.75, 3.05) is 18.4 Å². The molecule has 1 atom stereocenters. The first-order valence-corrected chi connectivity index (χ1v) is 7.24. The first-order valence-electron chi connectivity index (χ1n) is 7.24. The van der Waals surface area contributed by atoms with E-state index in [9.17, 15) is 4.79 Å². The van der Waals surface area contributed by atoms with E-state index in [2.05, 4.69) is 5.32 Å². The fourth-order valence-corrected chi connectivity index (χ4v) is 2.40. The SMILES string of the molecule is CC(C)(C)OC(=O)N1CCC[C@@H]1CNc1ccccc1. The molecule has 4 heteroatoms. The maximum absolute atomic E-state index is 12.2. The maximum Gasteiger partial charge on any atom is 0.410 e. The lowest BCUT2D eigenvalue weighted by atomic mass is 10.2. The van der Waals surface area contributed by atoms with E-state index in [0.29, 0.717) is 0 Å². The Labute approximate surface area is 121 Å². The van der Waals surface area contributed by atoms with E-state index in [0.717, 1.165) is 31.6 Å². The van der Waals surface area contributed by atoms with E-state index in [-0.39, 0.29) is 12.1 Å². The van der Waals surface area contributed by atoms with Crippen LogP contribution in [-0.2, 0) is 4.74 Å². The molecule has 0 unspecified atom stereocenters. The van der Waals surface area contributed by atoms with Crippen LogP contribution in [0.1, 0.15) is 33.6 Å². The first-order chi connectivity index (χ1) is 9.46. The second-order valence-electron chi connectivity index (χ2n) is 6.22. The zero-order valence-corrected chi connectivity index (χ0v) is 12.6. The molecule has 1 aromatic rings. The van der Waals surface area contributed by atoms with Gasteiger partial charge >= 0.3 is 6.09 Å². The number of carbonyl (C=O) groups is 1. The number of nitrogens with zero attached hydrogens (tertiary/aromatic N) is 1. The highest BCUT2D eigenvalue weighted by Gasteiger charge is 2.31. The van der Waals surface area contributed by atoms with Crippen molar-refractivity contribution in [3.8, 4) is 0 Å². The molecule has 1 saturated heterocycles. The summed E-state index contributed by atoms with van der Waals surface area (Å²) in [5, 5.41) is 3.38. The third-order valence-electron chi connectivity index (χ3n) is 3.32. The molecule has 1 N–H and O–H groups in total. The number of likely N-dealkylation sites (tertiary alicyclic amines) is 1. The molecule has 2 rings (SSSR count). The second kappa shape index (κ2) is 6.16. The van der Waals surface area contributed by atoms with Gasteiger partial charge in [-0.3, -0.25) is 0 Å². The number of ether oxygens (including phenoxy) is 1. The van der Waals surface area contributed by atoms with Gasteiger partial charge in [-0.15, -0.1) is 0 Å². The molecular weight excluding hydrogens is 252 g/mol. The van der Waals surface area contributed by atoms with E-state index in [1.165, 1.54) is 0 Å². The molecule has 0 spiro atoms. The average molecular weight is 276 g/mol. The Kier molecular flexibility index (Phi) is 4.53. The van der Waals surface area contributed by atoms with E-state index in [4.69, 9.17) is 4.74 Å². The van der Waals surface area contributed by atoms with Crippen LogP contribution in [0.3, 0.4) is 0 Å². The molecule has 0 bridgehead atoms. The second-order valence-corrected chi connectivity index (χ2v) is 6.22. The van der Waals surface area contributed by atoms with Crippen molar-refractivity contribution < 1.29 is 9.53 Å². The lowest BCUT2D eigenvalue weighted by Crippen LogP contribution is -2.42. The Morgan fingerprint density at radius 2 is 2.05 bits per heavy atom. The molecule has 110 valence electrons. The highest BCUT2D eigenvalue weighted by Crippen LogP contribution is 2.21. The number of nitrogens with one attached hydrogen (secondary N) is 1. The Bertz CT molecular complexity index is 440. The molecule has 0 aromatic heterocycles. The number of hydrogen-bond donors (Lipinski definition) is 1. The van der Waals surface area contributed by atoms with E-state index < -0.39 is 5.60 Å². The van der Waals surface area contributed by atoms with E-state index in [1.54, 1.807) is 0 Å². The Morgan fingerprint density at radius 1 is 1.35 bits per heavy atom. The summed E-state index contributed by atoms with van der Waals surface area (Å²) in [6.45, 7) is 7.26. The van der Waals surface area contributed by atoms with Crippen molar-refractivity contribution in [3.05, 3.63) is 30.3 Å². The molecule has 1 aliphatic rings. The summed E-state index contributed by atoms with van der Waals surface area (Å²) >= 11 is 0. The molecule has 20 heavy (non-hydrogen) atoms. The summed E-state index contributed by atoms with van der Waals surface area (Å²) in [5.74, 6) is 0. The number of carbonyl (C=O) groups excluding carboxylic acids is 1. The first kappa shape index (κ1) is 14.7. The van der Waals surface area contributed by atoms with Crippen molar-refractivity contribution in [2.45, 2.75) is 45.3 Å². The molecule has 1 aliphatic heterocycles. The van der Waals surface area contributed by atoms with Gasteiger partial charge in [0.25, 0.3) is 0 Å². The fraction of sp³-hybridized carbons (Fsp3) is 0.562. The smallest absolute Gasteiger partial charge is 0.410 e. The number of hydrogen-bond acceptors (Lipinski definition) is 3. The monoisotopic (exact) mass is 276 g/mol. The minimum Gasteiger partial charge on any atom is -0.444 e. The maximum atomic E-state index is 12.2. The lowest BCUT2D eigenvalue weighted by molar-refractivity contribution is 0.0235. The van der Waals surface area contributed by atoms with Gasteiger partial charge in [-0.1, -0.05) is 18.2 Å². The van der Waals surface area contributed by atoms with Crippen LogP contribution in [0, 0.1) is 0 Å². The minimum absolute atomic E-state index is 0.199. The quantitative estimate of drug-likeness (QED) is 0.918. The van der Waals surface area contributed by atoms with Gasteiger partial charge in [-0.05, 0) is 45.7 Å². The van der Waals surface area contributed by atoms with Crippen LogP contribution in [0.5, 0.6) is 0 Å². The van der Waals surface area contributed by atoms with E-state index in [1.807, 2.05) is 56.0 Å². The van der Waals surface area contributed by atoms with Crippen LogP contribution in [0.4, 0.5) is 10.5 Å². The van der Waals surface area contributed by atoms with Crippen molar-refractivity contribution in [1.82, 2.24) is 4.90 Å². The van der Waals surface area contributed by atoms with Crippen LogP contribution >= 0.6 is 0 Å². The zero-order valence-electron chi connectivity index (χ0n) is 12.6. The number of amides is 1. The standard InChI is InChI=1S/C16H24N2O2/c1-16(2,3)20-15(19)18-11-7-10-14(18)12-17-13-8-5-4-6-9-13/h4-6,8-9,14,17H,7,10-12H2,1-3H3/t14-/m1/s1. The molecular formula is C16H24N2O2. The van der Waals surface area contributed by atoms with Gasteiger partial charge in [0.2, 0.25) is 0 Å². The molecule has 1 fully saturated rings. The highest BCUT2D eigenvalue weighted by atomic mass is 16.6. The van der Waals surface area contributed by atoms with Crippen molar-refractivity contribution >= 4 is 11.8 Å². The molecule has 0 aliphatic carbocycles. The summed E-state index contributed by atoms with van der Waals surface area (Å²) in [7, 11) is 0. The number of para-hydroxylation sites is 1. The summed E-state index contributed by atoms with van der Waals surface area (Å²) < 4.78 is 5.46. The normalized spacial score (nSPS) is 18.9. The summed E-state index contributed by atoms with van der Waals surface area (Å²) in [6, 6.07) is 10.3. The highest BCUT2D eigenvalue weighted by molar-refractivity contribution is 5.69. The largest absolute Gasteiger partial charge is 0.444 e. The van der Waals surface area contributed by atoms with E-state index >= 15 is 0 Å². The number of rotatable bonds is 3. The molecule has 0 radical (unpaired) electrons. The van der Waals surface area contributed by atoms with Crippen molar-refractivity contribution in [2.24, 2.45) is 0 Å². The summed E-state index contributed by atoms with van der Waals surface area (Å²) in [5.41, 5.74) is 0.653. The molecule has 4 nitrogen and oxygen atoms in total. The van der Waals surface area contributed by atoms with Crippen molar-refractivity contribution in [3.63, 3.8) is 0 Å². The lowest BCUT2D eigenvalue weighted by Gasteiger charge is -2.28. The van der Waals surface area contributed by atoms with Gasteiger partial charge in [-0.25, -0.2) is 4.79 Å². The van der Waals surface area contributed by atoms with Crippen LogP contribution in [0.25, 0.3) is 0 Å². The third kappa shape index (κ3) is 4.15. The molecule has 1 heterocycles. The molecule has 1 aromatic carbocycles. The van der Waals surface area contributed by atoms with Crippen LogP contribution < -0.4 is 5.32 Å². The Morgan fingerprint density at radius 3 is 2.70 bits per heavy atom. The fourth-order valence-electron chi connectivity index (χ4n) is 2.40. The van der Waals surface area contributed by atoms with Gasteiger partial charge in [-0.2, -0.15) is 0 Å². The van der Waals surface area contributed by atoms with Gasteiger partial charge in [0.05, 0.1) is 6.04 Å². The zero-order chi connectivity index (χ0) is 14.6. The Balaban J connectivity index is 1.89. The van der Waals surface area contributed by atoms with Gasteiger partial charge in [0, 0.05) is 18.8 Å². The summed E-state index contributed by atoms with van der Waals surface area (Å²) in [4.78, 5) is 14.0. The van der Waals surface area contributed by atoms with Crippen LogP contribution in [0.2, 0.25) is 0 Å². The third-order valence-corrected chi connectivity index (χ3v) is 3.32.